The molecule has 4 heteroatoms. The van der Waals surface area contributed by atoms with Crippen molar-refractivity contribution in [2.75, 3.05) is 12.4 Å². The second-order valence-corrected chi connectivity index (χ2v) is 5.01. The lowest BCUT2D eigenvalue weighted by Gasteiger charge is -2.11. The van der Waals surface area contributed by atoms with Crippen LogP contribution in [0, 0.1) is 0 Å². The number of para-hydroxylation sites is 1. The summed E-state index contributed by atoms with van der Waals surface area (Å²) in [6.07, 6.45) is 0.678. The second kappa shape index (κ2) is 5.87. The number of esters is 1. The first kappa shape index (κ1) is 13.5. The Kier molecular flexibility index (Phi) is 3.77. The molecule has 0 fully saturated rings. The third-order valence-electron chi connectivity index (χ3n) is 3.60. The third-order valence-corrected chi connectivity index (χ3v) is 3.60. The zero-order valence-electron chi connectivity index (χ0n) is 11.8. The minimum atomic E-state index is -0.291. The number of anilines is 1. The molecule has 1 aliphatic rings. The fraction of sp³-hybridized carbons (Fsp3) is 0.235. The van der Waals surface area contributed by atoms with Gasteiger partial charge in [-0.05, 0) is 29.3 Å². The van der Waals surface area contributed by atoms with Crippen LogP contribution in [0.3, 0.4) is 0 Å². The van der Waals surface area contributed by atoms with Crippen LogP contribution in [0.5, 0.6) is 5.75 Å². The number of hydrogen-bond acceptors (Lipinski definition) is 4. The van der Waals surface area contributed by atoms with Gasteiger partial charge in [0.2, 0.25) is 0 Å². The summed E-state index contributed by atoms with van der Waals surface area (Å²) in [6, 6.07) is 15.1. The standard InChI is InChI=1S/C17H17NO3/c1-20-14-8-6-12(7-9-14)11-21-17(19)16-10-13-4-2-3-5-15(13)18-16/h2-9,16,18H,10-11H2,1H3/t16-/m0/s1. The Morgan fingerprint density at radius 3 is 2.67 bits per heavy atom. The van der Waals surface area contributed by atoms with Crippen molar-refractivity contribution in [3.63, 3.8) is 0 Å². The summed E-state index contributed by atoms with van der Waals surface area (Å²) in [5.41, 5.74) is 3.12. The van der Waals surface area contributed by atoms with Crippen LogP contribution >= 0.6 is 0 Å². The van der Waals surface area contributed by atoms with Gasteiger partial charge in [0.25, 0.3) is 0 Å². The van der Waals surface area contributed by atoms with Crippen molar-refractivity contribution < 1.29 is 14.3 Å². The first-order valence-electron chi connectivity index (χ1n) is 6.90. The Morgan fingerprint density at radius 1 is 1.19 bits per heavy atom. The van der Waals surface area contributed by atoms with Crippen LogP contribution in [0.4, 0.5) is 5.69 Å². The summed E-state index contributed by atoms with van der Waals surface area (Å²) in [4.78, 5) is 12.1. The van der Waals surface area contributed by atoms with Crippen LogP contribution < -0.4 is 10.1 Å². The predicted octanol–water partition coefficient (Wildman–Crippen LogP) is 2.78. The SMILES string of the molecule is COc1ccc(COC(=O)[C@@H]2Cc3ccccc3N2)cc1. The van der Waals surface area contributed by atoms with E-state index in [0.717, 1.165) is 22.6 Å². The highest BCUT2D eigenvalue weighted by atomic mass is 16.5. The van der Waals surface area contributed by atoms with Crippen molar-refractivity contribution in [3.05, 3.63) is 59.7 Å². The summed E-state index contributed by atoms with van der Waals surface area (Å²) in [5.74, 6) is 0.569. The second-order valence-electron chi connectivity index (χ2n) is 5.01. The van der Waals surface area contributed by atoms with Gasteiger partial charge >= 0.3 is 5.97 Å². The lowest BCUT2D eigenvalue weighted by molar-refractivity contribution is -0.145. The molecule has 0 spiro atoms. The smallest absolute Gasteiger partial charge is 0.329 e. The van der Waals surface area contributed by atoms with Crippen LogP contribution in [0.2, 0.25) is 0 Å². The Hall–Kier alpha value is -2.49. The van der Waals surface area contributed by atoms with Crippen LogP contribution in [0.15, 0.2) is 48.5 Å². The van der Waals surface area contributed by atoms with Crippen molar-refractivity contribution >= 4 is 11.7 Å². The number of carbonyl (C=O) groups is 1. The number of nitrogens with one attached hydrogen (secondary N) is 1. The van der Waals surface area contributed by atoms with E-state index in [4.69, 9.17) is 9.47 Å². The molecule has 0 radical (unpaired) electrons. The monoisotopic (exact) mass is 283 g/mol. The van der Waals surface area contributed by atoms with E-state index in [1.807, 2.05) is 48.5 Å². The topological polar surface area (TPSA) is 47.6 Å². The molecule has 2 aromatic carbocycles. The highest BCUT2D eigenvalue weighted by molar-refractivity contribution is 5.82. The van der Waals surface area contributed by atoms with Crippen LogP contribution in [-0.4, -0.2) is 19.1 Å². The van der Waals surface area contributed by atoms with Crippen molar-refractivity contribution in [1.82, 2.24) is 0 Å². The largest absolute Gasteiger partial charge is 0.497 e. The number of hydrogen-bond donors (Lipinski definition) is 1. The summed E-state index contributed by atoms with van der Waals surface area (Å²) < 4.78 is 10.5. The number of ether oxygens (including phenoxy) is 2. The molecule has 0 aliphatic carbocycles. The van der Waals surface area contributed by atoms with E-state index >= 15 is 0 Å². The summed E-state index contributed by atoms with van der Waals surface area (Å²) in [5, 5.41) is 3.19. The van der Waals surface area contributed by atoms with Crippen LogP contribution in [0.25, 0.3) is 0 Å². The molecular weight excluding hydrogens is 266 g/mol. The molecule has 1 atom stereocenters. The zero-order valence-corrected chi connectivity index (χ0v) is 11.8. The Morgan fingerprint density at radius 2 is 1.95 bits per heavy atom. The van der Waals surface area contributed by atoms with E-state index in [2.05, 4.69) is 5.32 Å². The Labute approximate surface area is 123 Å². The van der Waals surface area contributed by atoms with Crippen molar-refractivity contribution in [2.24, 2.45) is 0 Å². The Bertz CT molecular complexity index is 612. The average Bonchev–Trinajstić information content (AvgIpc) is 2.97. The van der Waals surface area contributed by atoms with Gasteiger partial charge in [0.15, 0.2) is 0 Å². The van der Waals surface area contributed by atoms with Gasteiger partial charge in [0.05, 0.1) is 7.11 Å². The maximum atomic E-state index is 12.1. The molecule has 0 saturated heterocycles. The van der Waals surface area contributed by atoms with E-state index in [0.29, 0.717) is 6.42 Å². The fourth-order valence-corrected chi connectivity index (χ4v) is 2.42. The number of benzene rings is 2. The van der Waals surface area contributed by atoms with E-state index in [9.17, 15) is 4.79 Å². The van der Waals surface area contributed by atoms with Gasteiger partial charge in [0, 0.05) is 12.1 Å². The van der Waals surface area contributed by atoms with Gasteiger partial charge in [-0.15, -0.1) is 0 Å². The van der Waals surface area contributed by atoms with Crippen molar-refractivity contribution in [2.45, 2.75) is 19.1 Å². The minimum absolute atomic E-state index is 0.220. The molecule has 21 heavy (non-hydrogen) atoms. The lowest BCUT2D eigenvalue weighted by atomic mass is 10.1. The zero-order chi connectivity index (χ0) is 14.7. The normalized spacial score (nSPS) is 16.0. The van der Waals surface area contributed by atoms with Crippen LogP contribution in [-0.2, 0) is 22.6 Å². The van der Waals surface area contributed by atoms with Gasteiger partial charge in [0.1, 0.15) is 18.4 Å². The van der Waals surface area contributed by atoms with Gasteiger partial charge in [-0.3, -0.25) is 0 Å². The van der Waals surface area contributed by atoms with E-state index in [1.165, 1.54) is 0 Å². The average molecular weight is 283 g/mol. The number of methoxy groups -OCH3 is 1. The van der Waals surface area contributed by atoms with Gasteiger partial charge in [-0.1, -0.05) is 30.3 Å². The molecule has 3 rings (SSSR count). The van der Waals surface area contributed by atoms with E-state index in [-0.39, 0.29) is 18.6 Å². The summed E-state index contributed by atoms with van der Waals surface area (Å²) in [7, 11) is 1.62. The molecular formula is C17H17NO3. The molecule has 108 valence electrons. The van der Waals surface area contributed by atoms with E-state index < -0.39 is 0 Å². The Balaban J connectivity index is 1.55. The van der Waals surface area contributed by atoms with Crippen molar-refractivity contribution in [3.8, 4) is 5.75 Å². The first-order chi connectivity index (χ1) is 10.3. The molecule has 1 heterocycles. The molecule has 0 unspecified atom stereocenters. The predicted molar refractivity (Wildman–Crippen MR) is 80.3 cm³/mol. The van der Waals surface area contributed by atoms with Gasteiger partial charge < -0.3 is 14.8 Å². The maximum absolute atomic E-state index is 12.1. The minimum Gasteiger partial charge on any atom is -0.497 e. The number of rotatable bonds is 4. The molecule has 0 bridgehead atoms. The first-order valence-corrected chi connectivity index (χ1v) is 6.90. The lowest BCUT2D eigenvalue weighted by Crippen LogP contribution is -2.28. The number of carbonyl (C=O) groups excluding carboxylic acids is 1. The van der Waals surface area contributed by atoms with Crippen molar-refractivity contribution in [1.29, 1.82) is 0 Å². The molecule has 1 N–H and O–H groups in total. The van der Waals surface area contributed by atoms with Gasteiger partial charge in [-0.2, -0.15) is 0 Å². The van der Waals surface area contributed by atoms with Gasteiger partial charge in [-0.25, -0.2) is 4.79 Å². The summed E-state index contributed by atoms with van der Waals surface area (Å²) >= 11 is 0. The van der Waals surface area contributed by atoms with Crippen LogP contribution in [0.1, 0.15) is 11.1 Å². The molecule has 0 amide bonds. The summed E-state index contributed by atoms with van der Waals surface area (Å²) in [6.45, 7) is 0.275. The molecule has 0 aromatic heterocycles. The van der Waals surface area contributed by atoms with E-state index in [1.54, 1.807) is 7.11 Å². The maximum Gasteiger partial charge on any atom is 0.329 e. The quantitative estimate of drug-likeness (QED) is 0.877. The highest BCUT2D eigenvalue weighted by Crippen LogP contribution is 2.25. The molecule has 4 nitrogen and oxygen atoms in total. The third kappa shape index (κ3) is 2.99. The molecule has 2 aromatic rings. The molecule has 1 aliphatic heterocycles. The fourth-order valence-electron chi connectivity index (χ4n) is 2.42. The highest BCUT2D eigenvalue weighted by Gasteiger charge is 2.27. The molecule has 0 saturated carbocycles. The number of fused-ring (bicyclic) bond motifs is 1.